The molecule has 0 bridgehead atoms. The van der Waals surface area contributed by atoms with Crippen LogP contribution in [0, 0.1) is 5.92 Å². The minimum absolute atomic E-state index is 0.662. The second kappa shape index (κ2) is 6.38. The molecule has 1 fully saturated rings. The molecule has 1 aliphatic heterocycles. The van der Waals surface area contributed by atoms with Gasteiger partial charge in [-0.15, -0.1) is 0 Å². The molecule has 1 atom stereocenters. The molecule has 3 N–H and O–H groups in total. The molecule has 84 valence electrons. The number of hydrogen-bond donors (Lipinski definition) is 2. The van der Waals surface area contributed by atoms with Crippen molar-refractivity contribution in [3.05, 3.63) is 0 Å². The van der Waals surface area contributed by atoms with Crippen LogP contribution in [0.4, 0.5) is 0 Å². The number of nitrogens with one attached hydrogen (secondary N) is 1. The Morgan fingerprint density at radius 1 is 1.43 bits per heavy atom. The molecular formula is C11H25N3. The van der Waals surface area contributed by atoms with Crippen molar-refractivity contribution in [2.75, 3.05) is 33.2 Å². The average Bonchev–Trinajstić information content (AvgIpc) is 2.22. The van der Waals surface area contributed by atoms with Crippen LogP contribution in [0.1, 0.15) is 26.2 Å². The zero-order valence-corrected chi connectivity index (χ0v) is 9.63. The molecule has 0 aromatic carbocycles. The Morgan fingerprint density at radius 2 is 2.07 bits per heavy atom. The maximum atomic E-state index is 5.67. The van der Waals surface area contributed by atoms with Gasteiger partial charge < -0.3 is 16.0 Å². The molecule has 0 radical (unpaired) electrons. The Hall–Kier alpha value is -0.120. The number of likely N-dealkylation sites (tertiary alicyclic amines) is 1. The van der Waals surface area contributed by atoms with Gasteiger partial charge in [0.05, 0.1) is 0 Å². The number of nitrogens with zero attached hydrogens (tertiary/aromatic N) is 1. The van der Waals surface area contributed by atoms with Crippen molar-refractivity contribution in [3.8, 4) is 0 Å². The van der Waals surface area contributed by atoms with E-state index >= 15 is 0 Å². The van der Waals surface area contributed by atoms with Crippen LogP contribution in [0.2, 0.25) is 0 Å². The van der Waals surface area contributed by atoms with Crippen LogP contribution in [0.5, 0.6) is 0 Å². The summed E-state index contributed by atoms with van der Waals surface area (Å²) in [6, 6.07) is 0.729. The largest absolute Gasteiger partial charge is 0.330 e. The third kappa shape index (κ3) is 3.95. The minimum atomic E-state index is 0.662. The van der Waals surface area contributed by atoms with Crippen molar-refractivity contribution in [2.45, 2.75) is 32.2 Å². The van der Waals surface area contributed by atoms with E-state index in [4.69, 9.17) is 5.73 Å². The fourth-order valence-corrected chi connectivity index (χ4v) is 1.94. The molecule has 0 aromatic rings. The monoisotopic (exact) mass is 199 g/mol. The molecule has 3 nitrogen and oxygen atoms in total. The summed E-state index contributed by atoms with van der Waals surface area (Å²) in [6.45, 7) is 6.60. The van der Waals surface area contributed by atoms with Crippen LogP contribution in [0.3, 0.4) is 0 Å². The lowest BCUT2D eigenvalue weighted by atomic mass is 10.0. The average molecular weight is 199 g/mol. The van der Waals surface area contributed by atoms with Crippen LogP contribution in [0.25, 0.3) is 0 Å². The summed E-state index contributed by atoms with van der Waals surface area (Å²) in [7, 11) is 2.20. The highest BCUT2D eigenvalue weighted by Gasteiger charge is 2.16. The van der Waals surface area contributed by atoms with Crippen molar-refractivity contribution < 1.29 is 0 Å². The summed E-state index contributed by atoms with van der Waals surface area (Å²) in [4.78, 5) is 2.40. The standard InChI is InChI=1S/C11H25N3/c1-3-10(8-12)9-13-11-4-6-14(2)7-5-11/h10-11,13H,3-9,12H2,1-2H3. The molecule has 0 aliphatic carbocycles. The third-order valence-corrected chi connectivity index (χ3v) is 3.32. The lowest BCUT2D eigenvalue weighted by Crippen LogP contribution is -2.43. The zero-order valence-electron chi connectivity index (χ0n) is 9.63. The van der Waals surface area contributed by atoms with Crippen LogP contribution >= 0.6 is 0 Å². The van der Waals surface area contributed by atoms with Crippen LogP contribution < -0.4 is 11.1 Å². The summed E-state index contributed by atoms with van der Waals surface area (Å²) < 4.78 is 0. The van der Waals surface area contributed by atoms with Gasteiger partial charge in [-0.05, 0) is 52.0 Å². The van der Waals surface area contributed by atoms with E-state index in [1.807, 2.05) is 0 Å². The predicted molar refractivity (Wildman–Crippen MR) is 61.4 cm³/mol. The number of hydrogen-bond acceptors (Lipinski definition) is 3. The molecule has 1 heterocycles. The minimum Gasteiger partial charge on any atom is -0.330 e. The highest BCUT2D eigenvalue weighted by molar-refractivity contribution is 4.76. The number of nitrogens with two attached hydrogens (primary N) is 1. The zero-order chi connectivity index (χ0) is 10.4. The van der Waals surface area contributed by atoms with E-state index in [-0.39, 0.29) is 0 Å². The van der Waals surface area contributed by atoms with Crippen LogP contribution in [-0.2, 0) is 0 Å². The topological polar surface area (TPSA) is 41.3 Å². The summed E-state index contributed by atoms with van der Waals surface area (Å²) in [5.41, 5.74) is 5.67. The van der Waals surface area contributed by atoms with Crippen molar-refractivity contribution in [3.63, 3.8) is 0 Å². The second-order valence-electron chi connectivity index (χ2n) is 4.50. The molecule has 1 saturated heterocycles. The highest BCUT2D eigenvalue weighted by atomic mass is 15.1. The Morgan fingerprint density at radius 3 is 2.57 bits per heavy atom. The van der Waals surface area contributed by atoms with Gasteiger partial charge in [-0.25, -0.2) is 0 Å². The summed E-state index contributed by atoms with van der Waals surface area (Å²) in [5, 5.41) is 3.64. The van der Waals surface area contributed by atoms with E-state index in [0.717, 1.165) is 19.1 Å². The van der Waals surface area contributed by atoms with Crippen molar-refractivity contribution >= 4 is 0 Å². The summed E-state index contributed by atoms with van der Waals surface area (Å²) >= 11 is 0. The molecular weight excluding hydrogens is 174 g/mol. The van der Waals surface area contributed by atoms with Gasteiger partial charge in [-0.3, -0.25) is 0 Å². The normalized spacial score (nSPS) is 22.5. The van der Waals surface area contributed by atoms with Crippen molar-refractivity contribution in [1.82, 2.24) is 10.2 Å². The summed E-state index contributed by atoms with van der Waals surface area (Å²) in [5.74, 6) is 0.662. The maximum Gasteiger partial charge on any atom is 0.00915 e. The molecule has 1 unspecified atom stereocenters. The highest BCUT2D eigenvalue weighted by Crippen LogP contribution is 2.09. The van der Waals surface area contributed by atoms with E-state index in [1.165, 1.54) is 32.4 Å². The lowest BCUT2D eigenvalue weighted by Gasteiger charge is -2.30. The van der Waals surface area contributed by atoms with Crippen molar-refractivity contribution in [2.24, 2.45) is 11.7 Å². The Labute approximate surface area is 88.0 Å². The van der Waals surface area contributed by atoms with E-state index < -0.39 is 0 Å². The molecule has 1 aliphatic rings. The first-order valence-corrected chi connectivity index (χ1v) is 5.88. The predicted octanol–water partition coefficient (Wildman–Crippen LogP) is 0.655. The third-order valence-electron chi connectivity index (χ3n) is 3.32. The Balaban J connectivity index is 2.12. The van der Waals surface area contributed by atoms with Gasteiger partial charge in [0.2, 0.25) is 0 Å². The molecule has 3 heteroatoms. The SMILES string of the molecule is CCC(CN)CNC1CCN(C)CC1. The molecule has 0 aromatic heterocycles. The summed E-state index contributed by atoms with van der Waals surface area (Å²) in [6.07, 6.45) is 3.77. The van der Waals surface area contributed by atoms with Gasteiger partial charge in [-0.1, -0.05) is 13.3 Å². The Bertz CT molecular complexity index is 137. The lowest BCUT2D eigenvalue weighted by molar-refractivity contribution is 0.229. The van der Waals surface area contributed by atoms with E-state index in [9.17, 15) is 0 Å². The number of rotatable bonds is 5. The first kappa shape index (κ1) is 12.0. The molecule has 0 saturated carbocycles. The van der Waals surface area contributed by atoms with Gasteiger partial charge in [-0.2, -0.15) is 0 Å². The molecule has 0 amide bonds. The fourth-order valence-electron chi connectivity index (χ4n) is 1.94. The van der Waals surface area contributed by atoms with E-state index in [1.54, 1.807) is 0 Å². The second-order valence-corrected chi connectivity index (χ2v) is 4.50. The van der Waals surface area contributed by atoms with Gasteiger partial charge in [0.15, 0.2) is 0 Å². The van der Waals surface area contributed by atoms with Gasteiger partial charge in [0.1, 0.15) is 0 Å². The molecule has 1 rings (SSSR count). The Kier molecular flexibility index (Phi) is 5.45. The quantitative estimate of drug-likeness (QED) is 0.683. The van der Waals surface area contributed by atoms with Crippen LogP contribution in [0.15, 0.2) is 0 Å². The molecule has 14 heavy (non-hydrogen) atoms. The maximum absolute atomic E-state index is 5.67. The fraction of sp³-hybridized carbons (Fsp3) is 1.00. The van der Waals surface area contributed by atoms with Gasteiger partial charge >= 0.3 is 0 Å². The number of piperidine rings is 1. The first-order valence-electron chi connectivity index (χ1n) is 5.88. The molecule has 0 spiro atoms. The van der Waals surface area contributed by atoms with Gasteiger partial charge in [0, 0.05) is 6.04 Å². The smallest absolute Gasteiger partial charge is 0.00915 e. The van der Waals surface area contributed by atoms with Crippen LogP contribution in [-0.4, -0.2) is 44.2 Å². The van der Waals surface area contributed by atoms with E-state index in [2.05, 4.69) is 24.2 Å². The van der Waals surface area contributed by atoms with E-state index in [0.29, 0.717) is 5.92 Å². The van der Waals surface area contributed by atoms with Crippen molar-refractivity contribution in [1.29, 1.82) is 0 Å². The van der Waals surface area contributed by atoms with Gasteiger partial charge in [0.25, 0.3) is 0 Å². The first-order chi connectivity index (χ1) is 6.76.